The van der Waals surface area contributed by atoms with Gasteiger partial charge >= 0.3 is 0 Å². The summed E-state index contributed by atoms with van der Waals surface area (Å²) in [6.45, 7) is 4.18. The fraction of sp³-hybridized carbons (Fsp3) is 0.368. The van der Waals surface area contributed by atoms with Crippen LogP contribution in [0.4, 0.5) is 4.39 Å². The van der Waals surface area contributed by atoms with Gasteiger partial charge in [-0.1, -0.05) is 12.1 Å². The maximum Gasteiger partial charge on any atom is 0.272 e. The minimum absolute atomic E-state index is 0.110. The molecule has 1 unspecified atom stereocenters. The van der Waals surface area contributed by atoms with Crippen molar-refractivity contribution in [2.24, 2.45) is 0 Å². The summed E-state index contributed by atoms with van der Waals surface area (Å²) in [4.78, 5) is 39.0. The van der Waals surface area contributed by atoms with Crippen LogP contribution in [0.2, 0.25) is 0 Å². The number of aromatic nitrogens is 2. The first-order chi connectivity index (χ1) is 13.3. The third kappa shape index (κ3) is 3.47. The Morgan fingerprint density at radius 2 is 1.93 bits per heavy atom. The summed E-state index contributed by atoms with van der Waals surface area (Å²) >= 11 is 0. The Kier molecular flexibility index (Phi) is 5.17. The fourth-order valence-electron chi connectivity index (χ4n) is 3.06. The molecule has 2 heterocycles. The molecule has 1 aliphatic rings. The van der Waals surface area contributed by atoms with Gasteiger partial charge in [0.25, 0.3) is 11.8 Å². The molecule has 9 heteroatoms. The molecule has 2 aromatic rings. The summed E-state index contributed by atoms with van der Waals surface area (Å²) in [6.07, 6.45) is 0. The van der Waals surface area contributed by atoms with Gasteiger partial charge in [-0.25, -0.2) is 4.39 Å². The van der Waals surface area contributed by atoms with Gasteiger partial charge in [-0.05, 0) is 31.5 Å². The molecule has 1 aliphatic heterocycles. The zero-order valence-electron chi connectivity index (χ0n) is 16.0. The highest BCUT2D eigenvalue weighted by atomic mass is 19.1. The number of fused-ring (bicyclic) bond motifs is 1. The minimum Gasteiger partial charge on any atom is -0.351 e. The number of hydrogen-bond donors (Lipinski definition) is 2. The van der Waals surface area contributed by atoms with E-state index in [1.807, 2.05) is 0 Å². The third-order valence-corrected chi connectivity index (χ3v) is 4.93. The number of nitrogens with one attached hydrogen (secondary N) is 2. The number of carbonyl (C=O) groups is 3. The van der Waals surface area contributed by atoms with Gasteiger partial charge in [0.15, 0.2) is 5.69 Å². The van der Waals surface area contributed by atoms with Crippen molar-refractivity contribution in [2.75, 3.05) is 13.6 Å². The Morgan fingerprint density at radius 1 is 1.25 bits per heavy atom. The molecular weight excluding hydrogens is 365 g/mol. The normalized spacial score (nSPS) is 18.6. The van der Waals surface area contributed by atoms with Crippen LogP contribution in [0.15, 0.2) is 30.3 Å². The van der Waals surface area contributed by atoms with E-state index in [1.54, 1.807) is 33.0 Å². The summed E-state index contributed by atoms with van der Waals surface area (Å²) in [5, 5.41) is 9.62. The van der Waals surface area contributed by atoms with E-state index in [4.69, 9.17) is 0 Å². The van der Waals surface area contributed by atoms with E-state index >= 15 is 0 Å². The summed E-state index contributed by atoms with van der Waals surface area (Å²) in [5.41, 5.74) is -0.0576. The lowest BCUT2D eigenvalue weighted by Crippen LogP contribution is -2.62. The predicted octanol–water partition coefficient (Wildman–Crippen LogP) is 0.933. The average Bonchev–Trinajstić information content (AvgIpc) is 3.09. The summed E-state index contributed by atoms with van der Waals surface area (Å²) in [7, 11) is 1.54. The molecule has 0 aliphatic carbocycles. The van der Waals surface area contributed by atoms with Crippen LogP contribution in [0.3, 0.4) is 0 Å². The molecule has 0 spiro atoms. The molecule has 0 radical (unpaired) electrons. The minimum atomic E-state index is -1.19. The second-order valence-corrected chi connectivity index (χ2v) is 6.88. The van der Waals surface area contributed by atoms with Crippen molar-refractivity contribution in [1.29, 1.82) is 0 Å². The van der Waals surface area contributed by atoms with E-state index in [-0.39, 0.29) is 42.1 Å². The monoisotopic (exact) mass is 387 g/mol. The van der Waals surface area contributed by atoms with Gasteiger partial charge < -0.3 is 15.5 Å². The van der Waals surface area contributed by atoms with Crippen molar-refractivity contribution in [3.63, 3.8) is 0 Å². The third-order valence-electron chi connectivity index (χ3n) is 4.93. The van der Waals surface area contributed by atoms with Crippen molar-refractivity contribution < 1.29 is 18.8 Å². The highest BCUT2D eigenvalue weighted by molar-refractivity contribution is 6.01. The van der Waals surface area contributed by atoms with Gasteiger partial charge in [0, 0.05) is 26.2 Å². The lowest BCUT2D eigenvalue weighted by molar-refractivity contribution is -0.132. The number of nitrogens with zero attached hydrogens (tertiary/aromatic N) is 3. The number of amides is 3. The Morgan fingerprint density at radius 3 is 2.57 bits per heavy atom. The molecule has 1 atom stereocenters. The van der Waals surface area contributed by atoms with Crippen LogP contribution in [0.5, 0.6) is 0 Å². The number of halogens is 1. The van der Waals surface area contributed by atoms with Crippen LogP contribution in [0, 0.1) is 5.82 Å². The van der Waals surface area contributed by atoms with Crippen LogP contribution in [0.1, 0.15) is 40.4 Å². The summed E-state index contributed by atoms with van der Waals surface area (Å²) in [5.74, 6) is -1.49. The van der Waals surface area contributed by atoms with Crippen LogP contribution < -0.4 is 10.6 Å². The lowest BCUT2D eigenvalue weighted by Gasteiger charge is -2.40. The molecule has 1 aromatic heterocycles. The highest BCUT2D eigenvalue weighted by Crippen LogP contribution is 2.26. The predicted molar refractivity (Wildman–Crippen MR) is 99.0 cm³/mol. The SMILES string of the molecule is CCNC(=O)c1cc2n(n1)CC(C)(C(=O)NCc1ccc(F)cc1)N(C)C2=O. The fourth-order valence-corrected chi connectivity index (χ4v) is 3.06. The largest absolute Gasteiger partial charge is 0.351 e. The lowest BCUT2D eigenvalue weighted by atomic mass is 9.96. The van der Waals surface area contributed by atoms with Crippen molar-refractivity contribution >= 4 is 17.7 Å². The average molecular weight is 387 g/mol. The Bertz CT molecular complexity index is 924. The van der Waals surface area contributed by atoms with E-state index in [9.17, 15) is 18.8 Å². The van der Waals surface area contributed by atoms with Crippen LogP contribution in [-0.2, 0) is 17.9 Å². The zero-order chi connectivity index (χ0) is 20.5. The first kappa shape index (κ1) is 19.5. The first-order valence-electron chi connectivity index (χ1n) is 8.93. The molecule has 3 rings (SSSR count). The molecule has 28 heavy (non-hydrogen) atoms. The molecule has 0 bridgehead atoms. The van der Waals surface area contributed by atoms with Crippen molar-refractivity contribution in [2.45, 2.75) is 32.5 Å². The quantitative estimate of drug-likeness (QED) is 0.798. The Labute approximate surface area is 161 Å². The van der Waals surface area contributed by atoms with E-state index in [1.165, 1.54) is 27.8 Å². The van der Waals surface area contributed by atoms with Crippen LogP contribution in [-0.4, -0.2) is 51.5 Å². The Hall–Kier alpha value is -3.23. The number of benzene rings is 1. The highest BCUT2D eigenvalue weighted by Gasteiger charge is 2.46. The van der Waals surface area contributed by atoms with Crippen LogP contribution >= 0.6 is 0 Å². The summed E-state index contributed by atoms with van der Waals surface area (Å²) < 4.78 is 14.4. The molecule has 8 nitrogen and oxygen atoms in total. The molecular formula is C19H22FN5O3. The smallest absolute Gasteiger partial charge is 0.272 e. The van der Waals surface area contributed by atoms with Crippen LogP contribution in [0.25, 0.3) is 0 Å². The first-order valence-corrected chi connectivity index (χ1v) is 8.93. The van der Waals surface area contributed by atoms with Gasteiger partial charge in [-0.15, -0.1) is 0 Å². The molecule has 1 aromatic carbocycles. The Balaban J connectivity index is 1.79. The molecule has 0 saturated carbocycles. The molecule has 3 amide bonds. The number of likely N-dealkylation sites (N-methyl/N-ethyl adjacent to an activating group) is 1. The maximum atomic E-state index is 13.0. The second kappa shape index (κ2) is 7.41. The topological polar surface area (TPSA) is 96.3 Å². The van der Waals surface area contributed by atoms with Gasteiger partial charge in [0.1, 0.15) is 17.1 Å². The van der Waals surface area contributed by atoms with Crippen molar-refractivity contribution in [3.8, 4) is 0 Å². The van der Waals surface area contributed by atoms with Gasteiger partial charge in [-0.2, -0.15) is 5.10 Å². The standard InChI is InChI=1S/C19H22FN5O3/c1-4-21-16(26)14-9-15-17(27)24(3)19(2,11-25(15)23-14)18(28)22-10-12-5-7-13(20)8-6-12/h5-9H,4,10-11H2,1-3H3,(H,21,26)(H,22,28). The van der Waals surface area contributed by atoms with Crippen molar-refractivity contribution in [1.82, 2.24) is 25.3 Å². The van der Waals surface area contributed by atoms with Gasteiger partial charge in [0.2, 0.25) is 5.91 Å². The van der Waals surface area contributed by atoms with Crippen molar-refractivity contribution in [3.05, 3.63) is 53.1 Å². The second-order valence-electron chi connectivity index (χ2n) is 6.88. The molecule has 2 N–H and O–H groups in total. The van der Waals surface area contributed by atoms with E-state index < -0.39 is 11.4 Å². The molecule has 0 fully saturated rings. The summed E-state index contributed by atoms with van der Waals surface area (Å²) in [6, 6.07) is 7.23. The van der Waals surface area contributed by atoms with Gasteiger partial charge in [0.05, 0.1) is 6.54 Å². The molecule has 0 saturated heterocycles. The van der Waals surface area contributed by atoms with Gasteiger partial charge in [-0.3, -0.25) is 19.1 Å². The number of hydrogen-bond acceptors (Lipinski definition) is 4. The van der Waals surface area contributed by atoms with E-state index in [0.717, 1.165) is 5.56 Å². The van der Waals surface area contributed by atoms with E-state index in [2.05, 4.69) is 15.7 Å². The molecule has 148 valence electrons. The zero-order valence-corrected chi connectivity index (χ0v) is 16.0. The number of carbonyl (C=O) groups excluding carboxylic acids is 3. The maximum absolute atomic E-state index is 13.0. The number of rotatable bonds is 5. The van der Waals surface area contributed by atoms with E-state index in [0.29, 0.717) is 6.54 Å².